The fourth-order valence-electron chi connectivity index (χ4n) is 2.97. The van der Waals surface area contributed by atoms with Crippen LogP contribution >= 0.6 is 11.6 Å². The fraction of sp³-hybridized carbons (Fsp3) is 0.800. The lowest BCUT2D eigenvalue weighted by Gasteiger charge is -2.41. The molecule has 1 saturated carbocycles. The third-order valence-electron chi connectivity index (χ3n) is 4.57. The lowest BCUT2D eigenvalue weighted by molar-refractivity contribution is 0.163. The summed E-state index contributed by atoms with van der Waals surface area (Å²) in [5.74, 6) is 0. The van der Waals surface area contributed by atoms with Crippen LogP contribution in [0, 0.1) is 12.3 Å². The van der Waals surface area contributed by atoms with Crippen molar-refractivity contribution < 1.29 is 0 Å². The van der Waals surface area contributed by atoms with Gasteiger partial charge in [-0.2, -0.15) is 5.10 Å². The zero-order chi connectivity index (χ0) is 14.3. The van der Waals surface area contributed by atoms with Gasteiger partial charge < -0.3 is 5.73 Å². The Morgan fingerprint density at radius 3 is 2.37 bits per heavy atom. The summed E-state index contributed by atoms with van der Waals surface area (Å²) in [6, 6.07) is 0. The average molecular weight is 284 g/mol. The molecule has 0 aliphatic heterocycles. The fourth-order valence-corrected chi connectivity index (χ4v) is 3.17. The molecule has 4 heteroatoms. The van der Waals surface area contributed by atoms with Crippen LogP contribution in [0.4, 0.5) is 0 Å². The standard InChI is InChI=1S/C15H26ClN3/c1-5-19-12(13(16)11(2)18-19)10-15(17)8-6-14(3,4)7-9-15/h5-10,17H2,1-4H3. The Morgan fingerprint density at radius 1 is 1.26 bits per heavy atom. The summed E-state index contributed by atoms with van der Waals surface area (Å²) >= 11 is 6.39. The Kier molecular flexibility index (Phi) is 3.99. The van der Waals surface area contributed by atoms with Gasteiger partial charge in [-0.25, -0.2) is 0 Å². The molecule has 2 N–H and O–H groups in total. The van der Waals surface area contributed by atoms with Crippen LogP contribution in [-0.2, 0) is 13.0 Å². The Balaban J connectivity index is 2.17. The van der Waals surface area contributed by atoms with Gasteiger partial charge in [-0.3, -0.25) is 4.68 Å². The number of aryl methyl sites for hydroxylation is 2. The van der Waals surface area contributed by atoms with Crippen molar-refractivity contribution in [3.63, 3.8) is 0 Å². The molecule has 0 aromatic carbocycles. The second-order valence-corrected chi connectivity index (χ2v) is 7.24. The van der Waals surface area contributed by atoms with E-state index in [1.807, 2.05) is 11.6 Å². The van der Waals surface area contributed by atoms with Gasteiger partial charge in [0.05, 0.1) is 16.4 Å². The number of hydrogen-bond donors (Lipinski definition) is 1. The van der Waals surface area contributed by atoms with E-state index in [1.54, 1.807) is 0 Å². The molecule has 0 bridgehead atoms. The van der Waals surface area contributed by atoms with E-state index in [0.717, 1.165) is 42.2 Å². The molecule has 3 nitrogen and oxygen atoms in total. The smallest absolute Gasteiger partial charge is 0.0847 e. The summed E-state index contributed by atoms with van der Waals surface area (Å²) in [6.07, 6.45) is 5.38. The first-order valence-electron chi connectivity index (χ1n) is 7.27. The lowest BCUT2D eigenvalue weighted by Crippen LogP contribution is -2.47. The van der Waals surface area contributed by atoms with Crippen molar-refractivity contribution in [3.8, 4) is 0 Å². The minimum atomic E-state index is -0.113. The maximum absolute atomic E-state index is 6.61. The third-order valence-corrected chi connectivity index (χ3v) is 5.06. The number of hydrogen-bond acceptors (Lipinski definition) is 2. The van der Waals surface area contributed by atoms with Gasteiger partial charge in [0, 0.05) is 18.5 Å². The van der Waals surface area contributed by atoms with Crippen LogP contribution in [0.1, 0.15) is 57.8 Å². The van der Waals surface area contributed by atoms with Gasteiger partial charge in [-0.15, -0.1) is 0 Å². The van der Waals surface area contributed by atoms with Crippen molar-refractivity contribution in [3.05, 3.63) is 16.4 Å². The Hall–Kier alpha value is -0.540. The van der Waals surface area contributed by atoms with Crippen LogP contribution in [0.15, 0.2) is 0 Å². The molecule has 19 heavy (non-hydrogen) atoms. The van der Waals surface area contributed by atoms with Crippen molar-refractivity contribution in [2.45, 2.75) is 71.9 Å². The summed E-state index contributed by atoms with van der Waals surface area (Å²) < 4.78 is 2.01. The van der Waals surface area contributed by atoms with Gasteiger partial charge in [0.1, 0.15) is 0 Å². The molecule has 1 aliphatic carbocycles. The highest BCUT2D eigenvalue weighted by atomic mass is 35.5. The monoisotopic (exact) mass is 283 g/mol. The van der Waals surface area contributed by atoms with Gasteiger partial charge >= 0.3 is 0 Å². The highest BCUT2D eigenvalue weighted by Crippen LogP contribution is 2.41. The van der Waals surface area contributed by atoms with E-state index in [-0.39, 0.29) is 5.54 Å². The topological polar surface area (TPSA) is 43.8 Å². The highest BCUT2D eigenvalue weighted by molar-refractivity contribution is 6.31. The summed E-state index contributed by atoms with van der Waals surface area (Å²) in [6.45, 7) is 9.58. The SMILES string of the molecule is CCn1nc(C)c(Cl)c1CC1(N)CCC(C)(C)CC1. The summed E-state index contributed by atoms with van der Waals surface area (Å²) in [7, 11) is 0. The molecule has 1 heterocycles. The van der Waals surface area contributed by atoms with Gasteiger partial charge in [-0.1, -0.05) is 25.4 Å². The van der Waals surface area contributed by atoms with E-state index < -0.39 is 0 Å². The highest BCUT2D eigenvalue weighted by Gasteiger charge is 2.36. The van der Waals surface area contributed by atoms with Crippen molar-refractivity contribution in [2.75, 3.05) is 0 Å². The van der Waals surface area contributed by atoms with Crippen LogP contribution in [0.3, 0.4) is 0 Å². The predicted molar refractivity (Wildman–Crippen MR) is 80.5 cm³/mol. The normalized spacial score (nSPS) is 21.6. The molecule has 0 saturated heterocycles. The van der Waals surface area contributed by atoms with E-state index in [1.165, 1.54) is 12.8 Å². The molecular formula is C15H26ClN3. The quantitative estimate of drug-likeness (QED) is 0.919. The third kappa shape index (κ3) is 3.14. The van der Waals surface area contributed by atoms with E-state index >= 15 is 0 Å². The first kappa shape index (κ1) is 14.9. The zero-order valence-electron chi connectivity index (χ0n) is 12.6. The molecule has 1 aromatic heterocycles. The van der Waals surface area contributed by atoms with Crippen LogP contribution in [-0.4, -0.2) is 15.3 Å². The van der Waals surface area contributed by atoms with E-state index in [9.17, 15) is 0 Å². The molecular weight excluding hydrogens is 258 g/mol. The molecule has 1 fully saturated rings. The molecule has 0 radical (unpaired) electrons. The second kappa shape index (κ2) is 5.10. The van der Waals surface area contributed by atoms with Crippen molar-refractivity contribution in [1.82, 2.24) is 9.78 Å². The number of aromatic nitrogens is 2. The van der Waals surface area contributed by atoms with Crippen molar-refractivity contribution in [1.29, 1.82) is 0 Å². The van der Waals surface area contributed by atoms with Crippen molar-refractivity contribution in [2.24, 2.45) is 11.1 Å². The first-order valence-corrected chi connectivity index (χ1v) is 7.65. The number of rotatable bonds is 3. The molecule has 2 rings (SSSR count). The summed E-state index contributed by atoms with van der Waals surface area (Å²) in [5, 5.41) is 5.29. The van der Waals surface area contributed by atoms with E-state index in [0.29, 0.717) is 5.41 Å². The molecule has 108 valence electrons. The van der Waals surface area contributed by atoms with Crippen LogP contribution in [0.5, 0.6) is 0 Å². The zero-order valence-corrected chi connectivity index (χ0v) is 13.3. The lowest BCUT2D eigenvalue weighted by atomic mass is 9.68. The number of nitrogens with two attached hydrogens (primary N) is 1. The minimum Gasteiger partial charge on any atom is -0.325 e. The number of nitrogens with zero attached hydrogens (tertiary/aromatic N) is 2. The Morgan fingerprint density at radius 2 is 1.84 bits per heavy atom. The number of halogens is 1. The maximum Gasteiger partial charge on any atom is 0.0847 e. The average Bonchev–Trinajstić information content (AvgIpc) is 2.61. The molecule has 0 atom stereocenters. The first-order chi connectivity index (χ1) is 8.76. The Labute approximate surface area is 121 Å². The van der Waals surface area contributed by atoms with Gasteiger partial charge in [0.2, 0.25) is 0 Å². The maximum atomic E-state index is 6.61. The van der Waals surface area contributed by atoms with Gasteiger partial charge in [0.15, 0.2) is 0 Å². The second-order valence-electron chi connectivity index (χ2n) is 6.87. The largest absolute Gasteiger partial charge is 0.325 e. The molecule has 0 unspecified atom stereocenters. The predicted octanol–water partition coefficient (Wildman–Crippen LogP) is 3.71. The molecule has 0 amide bonds. The van der Waals surface area contributed by atoms with E-state index in [4.69, 9.17) is 17.3 Å². The molecule has 0 spiro atoms. The molecule has 1 aliphatic rings. The molecule has 1 aromatic rings. The summed E-state index contributed by atoms with van der Waals surface area (Å²) in [4.78, 5) is 0. The van der Waals surface area contributed by atoms with Gasteiger partial charge in [0.25, 0.3) is 0 Å². The summed E-state index contributed by atoms with van der Waals surface area (Å²) in [5.41, 5.74) is 8.97. The van der Waals surface area contributed by atoms with Crippen LogP contribution < -0.4 is 5.73 Å². The Bertz CT molecular complexity index is 452. The van der Waals surface area contributed by atoms with Crippen LogP contribution in [0.25, 0.3) is 0 Å². The minimum absolute atomic E-state index is 0.113. The van der Waals surface area contributed by atoms with Crippen LogP contribution in [0.2, 0.25) is 5.02 Å². The van der Waals surface area contributed by atoms with Crippen molar-refractivity contribution >= 4 is 11.6 Å². The van der Waals surface area contributed by atoms with E-state index in [2.05, 4.69) is 25.9 Å². The van der Waals surface area contributed by atoms with Gasteiger partial charge in [-0.05, 0) is 44.9 Å².